The van der Waals surface area contributed by atoms with Crippen molar-refractivity contribution >= 4 is 5.91 Å². The van der Waals surface area contributed by atoms with Crippen molar-refractivity contribution < 1.29 is 4.79 Å². The topological polar surface area (TPSA) is 46.3 Å². The zero-order valence-corrected chi connectivity index (χ0v) is 12.3. The fourth-order valence-corrected chi connectivity index (χ4v) is 2.99. The van der Waals surface area contributed by atoms with Gasteiger partial charge in [-0.15, -0.1) is 0 Å². The Balaban J connectivity index is 2.57. The van der Waals surface area contributed by atoms with E-state index in [1.54, 1.807) is 0 Å². The Hall–Kier alpha value is -0.570. The van der Waals surface area contributed by atoms with Gasteiger partial charge in [-0.3, -0.25) is 4.79 Å². The van der Waals surface area contributed by atoms with Gasteiger partial charge in [0.25, 0.3) is 0 Å². The molecule has 0 spiro atoms. The molecule has 0 aromatic rings. The summed E-state index contributed by atoms with van der Waals surface area (Å²) in [6.45, 7) is 8.20. The number of piperidine rings is 1. The average molecular weight is 254 g/mol. The first-order valence-electron chi connectivity index (χ1n) is 7.64. The van der Waals surface area contributed by atoms with Crippen molar-refractivity contribution in [2.75, 3.05) is 13.1 Å². The first-order valence-corrected chi connectivity index (χ1v) is 7.64. The molecule has 18 heavy (non-hydrogen) atoms. The van der Waals surface area contributed by atoms with Crippen LogP contribution in [0.25, 0.3) is 0 Å². The van der Waals surface area contributed by atoms with Crippen molar-refractivity contribution in [2.24, 2.45) is 17.6 Å². The molecule has 1 amide bonds. The molecule has 1 saturated heterocycles. The van der Waals surface area contributed by atoms with Crippen LogP contribution in [0.1, 0.15) is 59.3 Å². The van der Waals surface area contributed by atoms with Crippen LogP contribution in [0.5, 0.6) is 0 Å². The third-order valence-electron chi connectivity index (χ3n) is 4.14. The Kier molecular flexibility index (Phi) is 6.69. The minimum Gasteiger partial charge on any atom is -0.342 e. The van der Waals surface area contributed by atoms with E-state index < -0.39 is 0 Å². The Morgan fingerprint density at radius 1 is 1.33 bits per heavy atom. The molecule has 0 saturated carbocycles. The SMILES string of the molecule is CCCC(CCC)C(=O)N1CCCC(C(C)N)C1. The molecule has 2 atom stereocenters. The van der Waals surface area contributed by atoms with E-state index in [0.29, 0.717) is 11.8 Å². The molecule has 0 bridgehead atoms. The Labute approximate surface area is 112 Å². The molecule has 2 unspecified atom stereocenters. The molecule has 1 fully saturated rings. The second-order valence-electron chi connectivity index (χ2n) is 5.82. The van der Waals surface area contributed by atoms with Gasteiger partial charge in [0.1, 0.15) is 0 Å². The Morgan fingerprint density at radius 3 is 2.44 bits per heavy atom. The lowest BCUT2D eigenvalue weighted by atomic mass is 9.90. The summed E-state index contributed by atoms with van der Waals surface area (Å²) in [5, 5.41) is 0. The monoisotopic (exact) mass is 254 g/mol. The van der Waals surface area contributed by atoms with Gasteiger partial charge in [0, 0.05) is 25.0 Å². The number of nitrogens with zero attached hydrogens (tertiary/aromatic N) is 1. The lowest BCUT2D eigenvalue weighted by Gasteiger charge is -2.36. The van der Waals surface area contributed by atoms with Gasteiger partial charge in [-0.2, -0.15) is 0 Å². The summed E-state index contributed by atoms with van der Waals surface area (Å²) in [4.78, 5) is 14.6. The molecule has 1 rings (SSSR count). The highest BCUT2D eigenvalue weighted by molar-refractivity contribution is 5.78. The summed E-state index contributed by atoms with van der Waals surface area (Å²) in [6, 6.07) is 0.205. The van der Waals surface area contributed by atoms with Crippen LogP contribution in [0.2, 0.25) is 0 Å². The van der Waals surface area contributed by atoms with Crippen LogP contribution < -0.4 is 5.73 Å². The largest absolute Gasteiger partial charge is 0.342 e. The molecular weight excluding hydrogens is 224 g/mol. The van der Waals surface area contributed by atoms with E-state index in [0.717, 1.165) is 45.2 Å². The van der Waals surface area contributed by atoms with Crippen LogP contribution in [0.3, 0.4) is 0 Å². The zero-order valence-electron chi connectivity index (χ0n) is 12.3. The van der Waals surface area contributed by atoms with Gasteiger partial charge in [0.2, 0.25) is 5.91 Å². The minimum absolute atomic E-state index is 0.205. The molecule has 0 aromatic carbocycles. The molecule has 1 aliphatic heterocycles. The van der Waals surface area contributed by atoms with Crippen LogP contribution in [-0.2, 0) is 4.79 Å². The maximum atomic E-state index is 12.5. The number of carbonyl (C=O) groups excluding carboxylic acids is 1. The summed E-state index contributed by atoms with van der Waals surface area (Å²) < 4.78 is 0. The molecule has 0 aromatic heterocycles. The van der Waals surface area contributed by atoms with E-state index in [1.807, 2.05) is 0 Å². The number of rotatable bonds is 6. The Morgan fingerprint density at radius 2 is 1.94 bits per heavy atom. The second-order valence-corrected chi connectivity index (χ2v) is 5.82. The summed E-state index contributed by atoms with van der Waals surface area (Å²) in [5.74, 6) is 1.11. The van der Waals surface area contributed by atoms with Crippen molar-refractivity contribution in [3.63, 3.8) is 0 Å². The van der Waals surface area contributed by atoms with E-state index >= 15 is 0 Å². The zero-order chi connectivity index (χ0) is 13.5. The Bertz CT molecular complexity index is 247. The third kappa shape index (κ3) is 4.27. The predicted molar refractivity (Wildman–Crippen MR) is 76.3 cm³/mol. The number of amides is 1. The van der Waals surface area contributed by atoms with E-state index in [1.165, 1.54) is 6.42 Å². The molecule has 106 valence electrons. The predicted octanol–water partition coefficient (Wildman–Crippen LogP) is 2.79. The number of hydrogen-bond donors (Lipinski definition) is 1. The van der Waals surface area contributed by atoms with Crippen molar-refractivity contribution in [1.82, 2.24) is 4.90 Å². The lowest BCUT2D eigenvalue weighted by molar-refractivity contribution is -0.138. The van der Waals surface area contributed by atoms with Gasteiger partial charge in [-0.1, -0.05) is 26.7 Å². The first-order chi connectivity index (χ1) is 8.60. The molecule has 1 heterocycles. The average Bonchev–Trinajstić information content (AvgIpc) is 2.38. The first kappa shape index (κ1) is 15.5. The van der Waals surface area contributed by atoms with Crippen molar-refractivity contribution in [3.05, 3.63) is 0 Å². The van der Waals surface area contributed by atoms with Gasteiger partial charge in [0.15, 0.2) is 0 Å². The molecular formula is C15H30N2O. The summed E-state index contributed by atoms with van der Waals surface area (Å²) in [7, 11) is 0. The molecule has 2 N–H and O–H groups in total. The van der Waals surface area contributed by atoms with Gasteiger partial charge in [-0.05, 0) is 38.5 Å². The van der Waals surface area contributed by atoms with Crippen LogP contribution in [0.15, 0.2) is 0 Å². The van der Waals surface area contributed by atoms with Crippen LogP contribution in [-0.4, -0.2) is 29.9 Å². The number of likely N-dealkylation sites (tertiary alicyclic amines) is 1. The van der Waals surface area contributed by atoms with Gasteiger partial charge < -0.3 is 10.6 Å². The van der Waals surface area contributed by atoms with E-state index in [2.05, 4.69) is 25.7 Å². The highest BCUT2D eigenvalue weighted by Crippen LogP contribution is 2.23. The van der Waals surface area contributed by atoms with Crippen molar-refractivity contribution in [2.45, 2.75) is 65.3 Å². The fourth-order valence-electron chi connectivity index (χ4n) is 2.99. The van der Waals surface area contributed by atoms with Crippen LogP contribution in [0, 0.1) is 11.8 Å². The van der Waals surface area contributed by atoms with E-state index in [4.69, 9.17) is 5.73 Å². The quantitative estimate of drug-likeness (QED) is 0.792. The summed E-state index contributed by atoms with van der Waals surface area (Å²) in [5.41, 5.74) is 5.98. The van der Waals surface area contributed by atoms with Crippen molar-refractivity contribution in [1.29, 1.82) is 0 Å². The smallest absolute Gasteiger partial charge is 0.225 e. The maximum Gasteiger partial charge on any atom is 0.225 e. The molecule has 0 aliphatic carbocycles. The normalized spacial score (nSPS) is 22.3. The highest BCUT2D eigenvalue weighted by atomic mass is 16.2. The molecule has 3 heteroatoms. The van der Waals surface area contributed by atoms with Crippen molar-refractivity contribution in [3.8, 4) is 0 Å². The maximum absolute atomic E-state index is 12.5. The molecule has 3 nitrogen and oxygen atoms in total. The van der Waals surface area contributed by atoms with Crippen LogP contribution >= 0.6 is 0 Å². The van der Waals surface area contributed by atoms with E-state index in [9.17, 15) is 4.79 Å². The summed E-state index contributed by atoms with van der Waals surface area (Å²) in [6.07, 6.45) is 6.55. The number of nitrogens with two attached hydrogens (primary N) is 1. The molecule has 0 radical (unpaired) electrons. The van der Waals surface area contributed by atoms with Gasteiger partial charge >= 0.3 is 0 Å². The van der Waals surface area contributed by atoms with E-state index in [-0.39, 0.29) is 12.0 Å². The standard InChI is InChI=1S/C15H30N2O/c1-4-7-13(8-5-2)15(18)17-10-6-9-14(11-17)12(3)16/h12-14H,4-11,16H2,1-3H3. The van der Waals surface area contributed by atoms with Gasteiger partial charge in [0.05, 0.1) is 0 Å². The van der Waals surface area contributed by atoms with Gasteiger partial charge in [-0.25, -0.2) is 0 Å². The number of hydrogen-bond acceptors (Lipinski definition) is 2. The lowest BCUT2D eigenvalue weighted by Crippen LogP contribution is -2.47. The van der Waals surface area contributed by atoms with Crippen LogP contribution in [0.4, 0.5) is 0 Å². The fraction of sp³-hybridized carbons (Fsp3) is 0.933. The highest BCUT2D eigenvalue weighted by Gasteiger charge is 2.29. The third-order valence-corrected chi connectivity index (χ3v) is 4.14. The molecule has 1 aliphatic rings. The number of carbonyl (C=O) groups is 1. The minimum atomic E-state index is 0.205. The summed E-state index contributed by atoms with van der Waals surface area (Å²) >= 11 is 0. The second kappa shape index (κ2) is 7.78.